The first-order valence-electron chi connectivity index (χ1n) is 4.98. The average molecular weight is 263 g/mol. The lowest BCUT2D eigenvalue weighted by molar-refractivity contribution is -0.137. The second-order valence-electron chi connectivity index (χ2n) is 4.41. The second-order valence-corrected chi connectivity index (χ2v) is 4.82. The van der Waals surface area contributed by atoms with Crippen LogP contribution in [0.5, 0.6) is 5.75 Å². The van der Waals surface area contributed by atoms with E-state index < -0.39 is 17.3 Å². The quantitative estimate of drug-likeness (QED) is 0.667. The van der Waals surface area contributed by atoms with E-state index in [1.54, 1.807) is 26.0 Å². The summed E-state index contributed by atoms with van der Waals surface area (Å²) in [5.74, 6) is 0.298. The van der Waals surface area contributed by atoms with Crippen molar-refractivity contribution in [3.8, 4) is 5.75 Å². The van der Waals surface area contributed by atoms with Crippen molar-refractivity contribution in [3.05, 3.63) is 34.4 Å². The Bertz CT molecular complexity index is 489. The normalized spacial score (nSPS) is 17.5. The third kappa shape index (κ3) is 2.41. The summed E-state index contributed by atoms with van der Waals surface area (Å²) >= 11 is 5.82. The molecule has 0 unspecified atom stereocenters. The number of benzene rings is 1. The summed E-state index contributed by atoms with van der Waals surface area (Å²) in [6, 6.07) is 1.92. The molecule has 1 heterocycles. The van der Waals surface area contributed by atoms with E-state index in [-0.39, 0.29) is 5.02 Å². The van der Waals surface area contributed by atoms with Gasteiger partial charge in [-0.15, -0.1) is 0 Å². The SMILES string of the molecule is CC1(C)C=Cc2cc(C(F)(F)F)cc(Cl)c2O1. The van der Waals surface area contributed by atoms with E-state index in [1.165, 1.54) is 0 Å². The van der Waals surface area contributed by atoms with Gasteiger partial charge in [0.15, 0.2) is 0 Å². The average Bonchev–Trinajstić information content (AvgIpc) is 2.16. The molecule has 0 aliphatic carbocycles. The molecule has 0 fully saturated rings. The zero-order chi connectivity index (χ0) is 12.8. The number of hydrogen-bond acceptors (Lipinski definition) is 1. The molecule has 0 spiro atoms. The van der Waals surface area contributed by atoms with E-state index in [4.69, 9.17) is 16.3 Å². The van der Waals surface area contributed by atoms with E-state index in [1.807, 2.05) is 0 Å². The molecule has 92 valence electrons. The maximum absolute atomic E-state index is 12.6. The van der Waals surface area contributed by atoms with Gasteiger partial charge in [0.05, 0.1) is 10.6 Å². The first-order valence-corrected chi connectivity index (χ1v) is 5.36. The van der Waals surface area contributed by atoms with Crippen LogP contribution in [0.1, 0.15) is 25.0 Å². The molecule has 0 bridgehead atoms. The maximum Gasteiger partial charge on any atom is 0.416 e. The lowest BCUT2D eigenvalue weighted by Crippen LogP contribution is -2.27. The van der Waals surface area contributed by atoms with Gasteiger partial charge in [0.1, 0.15) is 11.4 Å². The van der Waals surface area contributed by atoms with Crippen molar-refractivity contribution in [2.24, 2.45) is 0 Å². The highest BCUT2D eigenvalue weighted by molar-refractivity contribution is 6.32. The summed E-state index contributed by atoms with van der Waals surface area (Å²) in [5, 5.41) is -0.0211. The summed E-state index contributed by atoms with van der Waals surface area (Å²) in [7, 11) is 0. The van der Waals surface area contributed by atoms with Crippen LogP contribution < -0.4 is 4.74 Å². The Morgan fingerprint density at radius 2 is 1.88 bits per heavy atom. The monoisotopic (exact) mass is 262 g/mol. The number of fused-ring (bicyclic) bond motifs is 1. The molecule has 17 heavy (non-hydrogen) atoms. The highest BCUT2D eigenvalue weighted by Crippen LogP contribution is 2.41. The Morgan fingerprint density at radius 1 is 1.24 bits per heavy atom. The number of alkyl halides is 3. The number of halogens is 4. The Balaban J connectivity index is 2.54. The van der Waals surface area contributed by atoms with Crippen LogP contribution in [0.4, 0.5) is 13.2 Å². The number of hydrogen-bond donors (Lipinski definition) is 0. The second kappa shape index (κ2) is 3.67. The van der Waals surface area contributed by atoms with E-state index >= 15 is 0 Å². The molecular weight excluding hydrogens is 253 g/mol. The van der Waals surface area contributed by atoms with Crippen molar-refractivity contribution < 1.29 is 17.9 Å². The van der Waals surface area contributed by atoms with Crippen molar-refractivity contribution in [1.29, 1.82) is 0 Å². The van der Waals surface area contributed by atoms with Gasteiger partial charge in [-0.05, 0) is 32.1 Å². The van der Waals surface area contributed by atoms with Gasteiger partial charge in [0, 0.05) is 5.56 Å². The topological polar surface area (TPSA) is 9.23 Å². The largest absolute Gasteiger partial charge is 0.482 e. The van der Waals surface area contributed by atoms with Crippen molar-refractivity contribution in [1.82, 2.24) is 0 Å². The standard InChI is InChI=1S/C12H10ClF3O/c1-11(2)4-3-7-5-8(12(14,15)16)6-9(13)10(7)17-11/h3-6H,1-2H3. The van der Waals surface area contributed by atoms with Gasteiger partial charge in [-0.2, -0.15) is 13.2 Å². The van der Waals surface area contributed by atoms with Gasteiger partial charge in [0.2, 0.25) is 0 Å². The molecule has 2 rings (SSSR count). The van der Waals surface area contributed by atoms with Gasteiger partial charge in [-0.3, -0.25) is 0 Å². The van der Waals surface area contributed by atoms with E-state index in [0.29, 0.717) is 11.3 Å². The molecule has 0 radical (unpaired) electrons. The highest BCUT2D eigenvalue weighted by Gasteiger charge is 2.33. The Morgan fingerprint density at radius 3 is 2.47 bits per heavy atom. The molecule has 0 saturated carbocycles. The Hall–Kier alpha value is -1.16. The van der Waals surface area contributed by atoms with Gasteiger partial charge in [-0.25, -0.2) is 0 Å². The summed E-state index contributed by atoms with van der Waals surface area (Å²) in [6.45, 7) is 3.61. The van der Waals surface area contributed by atoms with Gasteiger partial charge in [0.25, 0.3) is 0 Å². The van der Waals surface area contributed by atoms with E-state index in [9.17, 15) is 13.2 Å². The summed E-state index contributed by atoms with van der Waals surface area (Å²) < 4.78 is 43.2. The van der Waals surface area contributed by atoms with Crippen LogP contribution >= 0.6 is 11.6 Å². The zero-order valence-corrected chi connectivity index (χ0v) is 9.99. The maximum atomic E-state index is 12.6. The minimum atomic E-state index is -4.40. The van der Waals surface area contributed by atoms with Crippen LogP contribution in [0.2, 0.25) is 5.02 Å². The van der Waals surface area contributed by atoms with Gasteiger partial charge < -0.3 is 4.74 Å². The lowest BCUT2D eigenvalue weighted by atomic mass is 10.0. The Labute approximate surface area is 102 Å². The molecule has 0 atom stereocenters. The van der Waals surface area contributed by atoms with Crippen molar-refractivity contribution >= 4 is 17.7 Å². The van der Waals surface area contributed by atoms with Gasteiger partial charge in [-0.1, -0.05) is 17.7 Å². The molecule has 0 saturated heterocycles. The Kier molecular flexibility index (Phi) is 2.65. The van der Waals surface area contributed by atoms with Crippen molar-refractivity contribution in [3.63, 3.8) is 0 Å². The number of rotatable bonds is 0. The van der Waals surface area contributed by atoms with Crippen LogP contribution in [0.15, 0.2) is 18.2 Å². The van der Waals surface area contributed by atoms with Crippen LogP contribution in [0.3, 0.4) is 0 Å². The van der Waals surface area contributed by atoms with Crippen molar-refractivity contribution in [2.45, 2.75) is 25.6 Å². The molecule has 1 aliphatic heterocycles. The van der Waals surface area contributed by atoms with Crippen LogP contribution in [0.25, 0.3) is 6.08 Å². The number of ether oxygens (including phenoxy) is 1. The zero-order valence-electron chi connectivity index (χ0n) is 9.23. The first-order chi connectivity index (χ1) is 7.69. The van der Waals surface area contributed by atoms with E-state index in [2.05, 4.69) is 0 Å². The molecular formula is C12H10ClF3O. The molecule has 0 amide bonds. The fourth-order valence-corrected chi connectivity index (χ4v) is 1.86. The summed E-state index contributed by atoms with van der Waals surface area (Å²) in [6.07, 6.45) is -1.11. The molecule has 0 aromatic heterocycles. The van der Waals surface area contributed by atoms with E-state index in [0.717, 1.165) is 12.1 Å². The molecule has 0 N–H and O–H groups in total. The van der Waals surface area contributed by atoms with Crippen molar-refractivity contribution in [2.75, 3.05) is 0 Å². The summed E-state index contributed by atoms with van der Waals surface area (Å²) in [4.78, 5) is 0. The summed E-state index contributed by atoms with van der Waals surface area (Å²) in [5.41, 5.74) is -0.977. The molecule has 1 aliphatic rings. The molecule has 1 aromatic rings. The smallest absolute Gasteiger partial charge is 0.416 e. The molecule has 1 aromatic carbocycles. The highest BCUT2D eigenvalue weighted by atomic mass is 35.5. The fourth-order valence-electron chi connectivity index (χ4n) is 1.60. The van der Waals surface area contributed by atoms with Crippen LogP contribution in [-0.2, 0) is 6.18 Å². The van der Waals surface area contributed by atoms with Crippen LogP contribution in [0, 0.1) is 0 Å². The fraction of sp³-hybridized carbons (Fsp3) is 0.333. The van der Waals surface area contributed by atoms with Crippen LogP contribution in [-0.4, -0.2) is 5.60 Å². The molecule has 5 heteroatoms. The third-order valence-corrected chi connectivity index (χ3v) is 2.71. The minimum Gasteiger partial charge on any atom is -0.482 e. The molecule has 1 nitrogen and oxygen atoms in total. The van der Waals surface area contributed by atoms with Gasteiger partial charge >= 0.3 is 6.18 Å². The minimum absolute atomic E-state index is 0.0211. The third-order valence-electron chi connectivity index (χ3n) is 2.43. The predicted octanol–water partition coefficient (Wildman–Crippen LogP) is 4.54. The predicted molar refractivity (Wildman–Crippen MR) is 60.2 cm³/mol. The first kappa shape index (κ1) is 12.3. The lowest BCUT2D eigenvalue weighted by Gasteiger charge is -2.29.